The fraction of sp³-hybridized carbons (Fsp3) is 0.167. The zero-order valence-electron chi connectivity index (χ0n) is 14.4. The molecule has 3 N–H and O–H groups in total. The van der Waals surface area contributed by atoms with Crippen LogP contribution < -0.4 is 10.6 Å². The quantitative estimate of drug-likeness (QED) is 0.504. The lowest BCUT2D eigenvalue weighted by molar-refractivity contribution is -0.0328. The molecule has 0 radical (unpaired) electrons. The van der Waals surface area contributed by atoms with Crippen molar-refractivity contribution in [2.24, 2.45) is 0 Å². The van der Waals surface area contributed by atoms with Crippen LogP contribution in [0.15, 0.2) is 59.6 Å². The first kappa shape index (κ1) is 19.9. The minimum Gasteiger partial charge on any atom is -0.395 e. The molecule has 3 rings (SSSR count). The number of nitrogens with one attached hydrogen (secondary N) is 2. The van der Waals surface area contributed by atoms with Crippen molar-refractivity contribution in [2.45, 2.75) is 10.4 Å². The Bertz CT molecular complexity index is 925. The monoisotopic (exact) mass is 407 g/mol. The van der Waals surface area contributed by atoms with Gasteiger partial charge in [-0.15, -0.1) is 0 Å². The van der Waals surface area contributed by atoms with Crippen molar-refractivity contribution in [3.05, 3.63) is 54.7 Å². The van der Waals surface area contributed by atoms with E-state index in [1.807, 2.05) is 6.07 Å². The largest absolute Gasteiger partial charge is 0.446 e. The van der Waals surface area contributed by atoms with E-state index in [0.717, 1.165) is 0 Å². The highest BCUT2D eigenvalue weighted by Crippen LogP contribution is 2.37. The maximum atomic E-state index is 12.6. The van der Waals surface area contributed by atoms with Gasteiger partial charge < -0.3 is 15.7 Å². The first-order valence-electron chi connectivity index (χ1n) is 8.21. The number of hydrogen-bond acceptors (Lipinski definition) is 7. The number of anilines is 3. The third-order valence-electron chi connectivity index (χ3n) is 3.39. The fourth-order valence-corrected chi connectivity index (χ4v) is 2.92. The molecule has 6 nitrogen and oxygen atoms in total. The van der Waals surface area contributed by atoms with Gasteiger partial charge in [0.25, 0.3) is 0 Å². The molecule has 0 unspecified atom stereocenters. The molecule has 0 fully saturated rings. The second kappa shape index (κ2) is 8.89. The minimum atomic E-state index is -4.36. The molecule has 0 spiro atoms. The summed E-state index contributed by atoms with van der Waals surface area (Å²) in [5.41, 5.74) is -2.77. The fourth-order valence-electron chi connectivity index (χ4n) is 2.32. The van der Waals surface area contributed by atoms with E-state index in [4.69, 9.17) is 5.11 Å². The number of thioether (sulfide) groups is 1. The summed E-state index contributed by atoms with van der Waals surface area (Å²) in [4.78, 5) is 13.0. The Morgan fingerprint density at radius 2 is 1.86 bits per heavy atom. The summed E-state index contributed by atoms with van der Waals surface area (Å²) < 4.78 is 37.8. The zero-order chi connectivity index (χ0) is 20.0. The van der Waals surface area contributed by atoms with Gasteiger partial charge in [-0.05, 0) is 42.1 Å². The average Bonchev–Trinajstić information content (AvgIpc) is 2.66. The highest BCUT2D eigenvalue weighted by atomic mass is 32.2. The summed E-state index contributed by atoms with van der Waals surface area (Å²) in [5, 5.41) is 14.9. The predicted molar refractivity (Wildman–Crippen MR) is 102 cm³/mol. The third kappa shape index (κ3) is 5.83. The minimum absolute atomic E-state index is 0.0649. The van der Waals surface area contributed by atoms with E-state index in [2.05, 4.69) is 25.6 Å². The smallest absolute Gasteiger partial charge is 0.395 e. The zero-order valence-corrected chi connectivity index (χ0v) is 15.3. The van der Waals surface area contributed by atoms with Crippen LogP contribution in [0.25, 0.3) is 11.4 Å². The standard InChI is InChI=1S/C18H16F3N5OS/c19-18(20,21)28-13-5-3-4-12(10-13)24-16-11-15(14-6-1-2-7-22-14)25-17(26-16)23-8-9-27/h1-7,10-11,27H,8-9H2,(H2,23,24,25,26). The number of alkyl halides is 3. The SMILES string of the molecule is OCCNc1nc(Nc2cccc(SC(F)(F)F)c2)cc(-c2ccccn2)n1. The van der Waals surface area contributed by atoms with Crippen LogP contribution >= 0.6 is 11.8 Å². The van der Waals surface area contributed by atoms with Crippen LogP contribution in [0, 0.1) is 0 Å². The molecule has 3 aromatic rings. The van der Waals surface area contributed by atoms with Crippen LogP contribution in [-0.2, 0) is 0 Å². The molecule has 0 aliphatic carbocycles. The molecule has 0 aliphatic rings. The number of hydrogen-bond donors (Lipinski definition) is 3. The number of aromatic nitrogens is 3. The summed E-state index contributed by atoms with van der Waals surface area (Å²) in [6.45, 7) is 0.152. The Balaban J connectivity index is 1.89. The van der Waals surface area contributed by atoms with E-state index in [9.17, 15) is 13.2 Å². The predicted octanol–water partition coefficient (Wildman–Crippen LogP) is 4.30. The topological polar surface area (TPSA) is 83.0 Å². The molecule has 0 atom stereocenters. The molecule has 0 bridgehead atoms. The van der Waals surface area contributed by atoms with Crippen molar-refractivity contribution < 1.29 is 18.3 Å². The number of nitrogens with zero attached hydrogens (tertiary/aromatic N) is 3. The summed E-state index contributed by atoms with van der Waals surface area (Å²) in [6, 6.07) is 13.0. The van der Waals surface area contributed by atoms with Crippen LogP contribution in [0.5, 0.6) is 0 Å². The number of benzene rings is 1. The van der Waals surface area contributed by atoms with Crippen molar-refractivity contribution in [1.29, 1.82) is 0 Å². The summed E-state index contributed by atoms with van der Waals surface area (Å²) in [6.07, 6.45) is 1.63. The van der Waals surface area contributed by atoms with Gasteiger partial charge in [-0.2, -0.15) is 18.2 Å². The second-order valence-corrected chi connectivity index (χ2v) is 6.67. The molecule has 2 heterocycles. The Hall–Kier alpha value is -2.85. The Morgan fingerprint density at radius 3 is 2.57 bits per heavy atom. The van der Waals surface area contributed by atoms with Gasteiger partial charge >= 0.3 is 5.51 Å². The Morgan fingerprint density at radius 1 is 1.00 bits per heavy atom. The molecule has 28 heavy (non-hydrogen) atoms. The van der Waals surface area contributed by atoms with Gasteiger partial charge in [0, 0.05) is 29.4 Å². The van der Waals surface area contributed by atoms with E-state index in [1.54, 1.807) is 30.5 Å². The molecule has 2 aromatic heterocycles. The average molecular weight is 407 g/mol. The van der Waals surface area contributed by atoms with Gasteiger partial charge in [0.05, 0.1) is 18.0 Å². The van der Waals surface area contributed by atoms with Gasteiger partial charge in [0.15, 0.2) is 0 Å². The van der Waals surface area contributed by atoms with E-state index < -0.39 is 5.51 Å². The number of aliphatic hydroxyl groups is 1. The van der Waals surface area contributed by atoms with Gasteiger partial charge in [-0.25, -0.2) is 4.98 Å². The van der Waals surface area contributed by atoms with E-state index in [0.29, 0.717) is 22.9 Å². The maximum absolute atomic E-state index is 12.6. The summed E-state index contributed by atoms with van der Waals surface area (Å²) >= 11 is -0.183. The molecule has 0 amide bonds. The molecule has 0 saturated carbocycles. The van der Waals surface area contributed by atoms with Crippen molar-refractivity contribution in [2.75, 3.05) is 23.8 Å². The van der Waals surface area contributed by atoms with E-state index >= 15 is 0 Å². The Kier molecular flexibility index (Phi) is 6.32. The molecule has 0 saturated heterocycles. The molecular weight excluding hydrogens is 391 g/mol. The number of pyridine rings is 1. The van der Waals surface area contributed by atoms with Crippen LogP contribution in [0.2, 0.25) is 0 Å². The van der Waals surface area contributed by atoms with Gasteiger partial charge in [0.2, 0.25) is 5.95 Å². The lowest BCUT2D eigenvalue weighted by Crippen LogP contribution is -2.10. The molecule has 1 aromatic carbocycles. The van der Waals surface area contributed by atoms with Gasteiger partial charge in [-0.3, -0.25) is 4.98 Å². The number of rotatable bonds is 7. The van der Waals surface area contributed by atoms with Crippen molar-refractivity contribution in [1.82, 2.24) is 15.0 Å². The summed E-state index contributed by atoms with van der Waals surface area (Å²) in [5.74, 6) is 0.644. The van der Waals surface area contributed by atoms with Crippen molar-refractivity contribution in [3.8, 4) is 11.4 Å². The van der Waals surface area contributed by atoms with Gasteiger partial charge in [0.1, 0.15) is 5.82 Å². The molecule has 10 heteroatoms. The van der Waals surface area contributed by atoms with Crippen molar-refractivity contribution >= 4 is 29.2 Å². The second-order valence-electron chi connectivity index (χ2n) is 5.53. The number of halogens is 3. The number of aliphatic hydroxyl groups excluding tert-OH is 1. The van der Waals surface area contributed by atoms with E-state index in [-0.39, 0.29) is 35.8 Å². The van der Waals surface area contributed by atoms with E-state index in [1.165, 1.54) is 18.2 Å². The summed E-state index contributed by atoms with van der Waals surface area (Å²) in [7, 11) is 0. The van der Waals surface area contributed by atoms with Crippen LogP contribution in [0.1, 0.15) is 0 Å². The van der Waals surface area contributed by atoms with Gasteiger partial charge in [-0.1, -0.05) is 12.1 Å². The first-order chi connectivity index (χ1) is 13.4. The lowest BCUT2D eigenvalue weighted by atomic mass is 10.2. The van der Waals surface area contributed by atoms with Crippen LogP contribution in [0.3, 0.4) is 0 Å². The molecule has 146 valence electrons. The normalized spacial score (nSPS) is 11.3. The maximum Gasteiger partial charge on any atom is 0.446 e. The van der Waals surface area contributed by atoms with Crippen LogP contribution in [-0.4, -0.2) is 38.7 Å². The van der Waals surface area contributed by atoms with Crippen molar-refractivity contribution in [3.63, 3.8) is 0 Å². The highest BCUT2D eigenvalue weighted by molar-refractivity contribution is 8.00. The lowest BCUT2D eigenvalue weighted by Gasteiger charge is -2.12. The molecular formula is C18H16F3N5OS. The third-order valence-corrected chi connectivity index (χ3v) is 4.11. The Labute approximate surface area is 163 Å². The highest BCUT2D eigenvalue weighted by Gasteiger charge is 2.29. The first-order valence-corrected chi connectivity index (χ1v) is 9.03. The van der Waals surface area contributed by atoms with Crippen LogP contribution in [0.4, 0.5) is 30.6 Å². The molecule has 0 aliphatic heterocycles.